The molecule has 116 valence electrons. The third-order valence-electron chi connectivity index (χ3n) is 3.49. The van der Waals surface area contributed by atoms with E-state index >= 15 is 0 Å². The summed E-state index contributed by atoms with van der Waals surface area (Å²) in [5.74, 6) is 0.628. The smallest absolute Gasteiger partial charge is 0.239 e. The largest absolute Gasteiger partial charge is 0.489 e. The number of ether oxygens (including phenoxy) is 1. The lowest BCUT2D eigenvalue weighted by atomic mass is 9.93. The summed E-state index contributed by atoms with van der Waals surface area (Å²) in [4.78, 5) is 11.7. The second-order valence-electron chi connectivity index (χ2n) is 5.59. The molecule has 0 aliphatic rings. The Hall–Kier alpha value is -2.33. The summed E-state index contributed by atoms with van der Waals surface area (Å²) >= 11 is 0. The molecule has 4 nitrogen and oxygen atoms in total. The maximum atomic E-state index is 11.7. The van der Waals surface area contributed by atoms with Crippen molar-refractivity contribution in [3.05, 3.63) is 65.7 Å². The fourth-order valence-corrected chi connectivity index (χ4v) is 2.23. The number of likely N-dealkylation sites (N-methyl/N-ethyl adjacent to an activating group) is 1. The molecular weight excluding hydrogens is 276 g/mol. The standard InChI is InChI=1S/C18H22N2O2/c1-18(19,17(21)20-2)12-14-8-10-16(11-9-14)22-13-15-6-4-3-5-7-15/h3-11H,12-13,19H2,1-2H3,(H,20,21). The van der Waals surface area contributed by atoms with E-state index in [1.807, 2.05) is 54.6 Å². The van der Waals surface area contributed by atoms with Crippen molar-refractivity contribution in [2.75, 3.05) is 7.05 Å². The average Bonchev–Trinajstić information content (AvgIpc) is 2.54. The van der Waals surface area contributed by atoms with E-state index < -0.39 is 5.54 Å². The monoisotopic (exact) mass is 298 g/mol. The van der Waals surface area contributed by atoms with Gasteiger partial charge in [-0.3, -0.25) is 4.79 Å². The third kappa shape index (κ3) is 4.33. The first-order valence-electron chi connectivity index (χ1n) is 7.28. The average molecular weight is 298 g/mol. The molecule has 0 heterocycles. The van der Waals surface area contributed by atoms with Crippen LogP contribution >= 0.6 is 0 Å². The molecule has 3 N–H and O–H groups in total. The van der Waals surface area contributed by atoms with Gasteiger partial charge in [0.05, 0.1) is 5.54 Å². The van der Waals surface area contributed by atoms with E-state index in [-0.39, 0.29) is 5.91 Å². The van der Waals surface area contributed by atoms with Crippen molar-refractivity contribution in [3.63, 3.8) is 0 Å². The topological polar surface area (TPSA) is 64.4 Å². The van der Waals surface area contributed by atoms with Gasteiger partial charge in [-0.25, -0.2) is 0 Å². The number of carbonyl (C=O) groups is 1. The number of amides is 1. The second-order valence-corrected chi connectivity index (χ2v) is 5.59. The summed E-state index contributed by atoms with van der Waals surface area (Å²) < 4.78 is 5.74. The Morgan fingerprint density at radius 1 is 1.09 bits per heavy atom. The number of rotatable bonds is 6. The predicted octanol–water partition coefficient (Wildman–Crippen LogP) is 2.27. The van der Waals surface area contributed by atoms with Gasteiger partial charge in [0.25, 0.3) is 0 Å². The van der Waals surface area contributed by atoms with Crippen molar-refractivity contribution in [2.24, 2.45) is 5.73 Å². The van der Waals surface area contributed by atoms with Crippen LogP contribution in [0.3, 0.4) is 0 Å². The van der Waals surface area contributed by atoms with E-state index in [4.69, 9.17) is 10.5 Å². The molecule has 2 aromatic carbocycles. The molecule has 1 atom stereocenters. The number of hydrogen-bond donors (Lipinski definition) is 2. The van der Waals surface area contributed by atoms with Gasteiger partial charge in [0.2, 0.25) is 5.91 Å². The molecule has 0 saturated carbocycles. The highest BCUT2D eigenvalue weighted by Crippen LogP contribution is 2.17. The lowest BCUT2D eigenvalue weighted by Gasteiger charge is -2.22. The van der Waals surface area contributed by atoms with Crippen LogP contribution in [-0.4, -0.2) is 18.5 Å². The van der Waals surface area contributed by atoms with Gasteiger partial charge < -0.3 is 15.8 Å². The van der Waals surface area contributed by atoms with Crippen LogP contribution in [0.15, 0.2) is 54.6 Å². The molecular formula is C18H22N2O2. The maximum absolute atomic E-state index is 11.7. The van der Waals surface area contributed by atoms with E-state index in [0.29, 0.717) is 13.0 Å². The van der Waals surface area contributed by atoms with Crippen LogP contribution < -0.4 is 15.8 Å². The lowest BCUT2D eigenvalue weighted by molar-refractivity contribution is -0.125. The fraction of sp³-hybridized carbons (Fsp3) is 0.278. The van der Waals surface area contributed by atoms with Crippen LogP contribution in [0.1, 0.15) is 18.1 Å². The summed E-state index contributed by atoms with van der Waals surface area (Å²) in [7, 11) is 1.59. The molecule has 4 heteroatoms. The Bertz CT molecular complexity index is 607. The Kier molecular flexibility index (Phi) is 5.17. The molecule has 1 amide bonds. The molecule has 0 aliphatic carbocycles. The van der Waals surface area contributed by atoms with E-state index in [0.717, 1.165) is 16.9 Å². The Morgan fingerprint density at radius 3 is 2.32 bits per heavy atom. The molecule has 1 unspecified atom stereocenters. The zero-order chi connectivity index (χ0) is 16.0. The van der Waals surface area contributed by atoms with E-state index in [9.17, 15) is 4.79 Å². The van der Waals surface area contributed by atoms with E-state index in [1.165, 1.54) is 0 Å². The Labute approximate surface area is 131 Å². The van der Waals surface area contributed by atoms with E-state index in [2.05, 4.69) is 5.32 Å². The third-order valence-corrected chi connectivity index (χ3v) is 3.49. The minimum Gasteiger partial charge on any atom is -0.489 e. The number of benzene rings is 2. The SMILES string of the molecule is CNC(=O)C(C)(N)Cc1ccc(OCc2ccccc2)cc1. The first-order chi connectivity index (χ1) is 10.5. The molecule has 22 heavy (non-hydrogen) atoms. The highest BCUT2D eigenvalue weighted by Gasteiger charge is 2.27. The van der Waals surface area contributed by atoms with Gasteiger partial charge in [0.15, 0.2) is 0 Å². The summed E-state index contributed by atoms with van der Waals surface area (Å²) in [5.41, 5.74) is 7.24. The van der Waals surface area contributed by atoms with Crippen molar-refractivity contribution in [2.45, 2.75) is 25.5 Å². The molecule has 0 spiro atoms. The molecule has 2 aromatic rings. The zero-order valence-electron chi connectivity index (χ0n) is 13.0. The fourth-order valence-electron chi connectivity index (χ4n) is 2.23. The van der Waals surface area contributed by atoms with Crippen LogP contribution in [0.25, 0.3) is 0 Å². The van der Waals surface area contributed by atoms with Crippen molar-refractivity contribution >= 4 is 5.91 Å². The van der Waals surface area contributed by atoms with Crippen LogP contribution in [-0.2, 0) is 17.8 Å². The zero-order valence-corrected chi connectivity index (χ0v) is 13.0. The van der Waals surface area contributed by atoms with Gasteiger partial charge in [0.1, 0.15) is 12.4 Å². The summed E-state index contributed by atoms with van der Waals surface area (Å²) in [5, 5.41) is 2.59. The molecule has 0 saturated heterocycles. The Balaban J connectivity index is 1.94. The molecule has 0 fully saturated rings. The van der Waals surface area contributed by atoms with Gasteiger partial charge in [-0.1, -0.05) is 42.5 Å². The van der Waals surface area contributed by atoms with E-state index in [1.54, 1.807) is 14.0 Å². The van der Waals surface area contributed by atoms with Crippen LogP contribution in [0.5, 0.6) is 5.75 Å². The number of nitrogens with one attached hydrogen (secondary N) is 1. The first-order valence-corrected chi connectivity index (χ1v) is 7.28. The maximum Gasteiger partial charge on any atom is 0.239 e. The van der Waals surface area contributed by atoms with Crippen molar-refractivity contribution in [3.8, 4) is 5.75 Å². The minimum atomic E-state index is -0.916. The van der Waals surface area contributed by atoms with Gasteiger partial charge >= 0.3 is 0 Å². The lowest BCUT2D eigenvalue weighted by Crippen LogP contribution is -2.52. The van der Waals surface area contributed by atoms with Crippen LogP contribution in [0.4, 0.5) is 0 Å². The van der Waals surface area contributed by atoms with Crippen molar-refractivity contribution < 1.29 is 9.53 Å². The molecule has 2 rings (SSSR count). The molecule has 0 radical (unpaired) electrons. The Morgan fingerprint density at radius 2 is 1.73 bits per heavy atom. The summed E-state index contributed by atoms with van der Waals surface area (Å²) in [6.45, 7) is 2.26. The number of nitrogens with two attached hydrogens (primary N) is 1. The molecule has 0 bridgehead atoms. The highest BCUT2D eigenvalue weighted by molar-refractivity contribution is 5.85. The highest BCUT2D eigenvalue weighted by atomic mass is 16.5. The number of carbonyl (C=O) groups excluding carboxylic acids is 1. The van der Waals surface area contributed by atoms with Crippen LogP contribution in [0, 0.1) is 0 Å². The van der Waals surface area contributed by atoms with Crippen molar-refractivity contribution in [1.29, 1.82) is 0 Å². The molecule has 0 aromatic heterocycles. The number of hydrogen-bond acceptors (Lipinski definition) is 3. The first kappa shape index (κ1) is 16.0. The van der Waals surface area contributed by atoms with Gasteiger partial charge in [-0.15, -0.1) is 0 Å². The quantitative estimate of drug-likeness (QED) is 0.860. The van der Waals surface area contributed by atoms with Crippen molar-refractivity contribution in [1.82, 2.24) is 5.32 Å². The molecule has 0 aliphatic heterocycles. The van der Waals surface area contributed by atoms with Gasteiger partial charge in [-0.2, -0.15) is 0 Å². The normalized spacial score (nSPS) is 13.2. The summed E-state index contributed by atoms with van der Waals surface area (Å²) in [6.07, 6.45) is 0.478. The summed E-state index contributed by atoms with van der Waals surface area (Å²) in [6, 6.07) is 17.7. The van der Waals surface area contributed by atoms with Gasteiger partial charge in [-0.05, 0) is 36.6 Å². The van der Waals surface area contributed by atoms with Crippen LogP contribution in [0.2, 0.25) is 0 Å². The minimum absolute atomic E-state index is 0.170. The predicted molar refractivity (Wildman–Crippen MR) is 87.6 cm³/mol. The van der Waals surface area contributed by atoms with Gasteiger partial charge in [0, 0.05) is 7.05 Å². The second kappa shape index (κ2) is 7.09.